The molecule has 1 aliphatic carbocycles. The topological polar surface area (TPSA) is 38.9 Å². The third-order valence-corrected chi connectivity index (χ3v) is 5.46. The van der Waals surface area contributed by atoms with Crippen LogP contribution in [-0.4, -0.2) is 24.0 Å². The van der Waals surface area contributed by atoms with Gasteiger partial charge in [0.1, 0.15) is 5.75 Å². The molecule has 1 aromatic heterocycles. The molecule has 0 radical (unpaired) electrons. The summed E-state index contributed by atoms with van der Waals surface area (Å²) in [6, 6.07) is 16.6. The lowest BCUT2D eigenvalue weighted by Crippen LogP contribution is -2.13. The Morgan fingerprint density at radius 3 is 2.50 bits per heavy atom. The molecule has 0 amide bonds. The van der Waals surface area contributed by atoms with Gasteiger partial charge in [0.05, 0.1) is 25.1 Å². The number of benzene rings is 2. The Bertz CT molecular complexity index is 983. The van der Waals surface area contributed by atoms with Crippen LogP contribution in [0.1, 0.15) is 18.4 Å². The number of methoxy groups -OCH3 is 1. The molecular formula is C20H18BrN3OS. The van der Waals surface area contributed by atoms with Crippen molar-refractivity contribution < 1.29 is 4.74 Å². The highest BCUT2D eigenvalue weighted by atomic mass is 79.9. The minimum absolute atomic E-state index is 0.453. The van der Waals surface area contributed by atoms with Gasteiger partial charge in [0, 0.05) is 15.4 Å². The summed E-state index contributed by atoms with van der Waals surface area (Å²) in [4.78, 5) is 5.75. The van der Waals surface area contributed by atoms with E-state index in [0.29, 0.717) is 6.04 Å². The molecule has 0 saturated heterocycles. The predicted octanol–water partition coefficient (Wildman–Crippen LogP) is 4.93. The lowest BCUT2D eigenvalue weighted by atomic mass is 10.2. The number of hydrogen-bond acceptors (Lipinski definition) is 4. The summed E-state index contributed by atoms with van der Waals surface area (Å²) < 4.78 is 8.21. The van der Waals surface area contributed by atoms with E-state index in [1.807, 2.05) is 47.3 Å². The Hall–Kier alpha value is -2.18. The molecule has 6 heteroatoms. The molecule has 1 saturated carbocycles. The summed E-state index contributed by atoms with van der Waals surface area (Å²) in [5, 5.41) is 6.85. The van der Waals surface area contributed by atoms with Crippen LogP contribution in [0.25, 0.3) is 11.3 Å². The quantitative estimate of drug-likeness (QED) is 0.531. The van der Waals surface area contributed by atoms with Crippen molar-refractivity contribution in [2.75, 3.05) is 7.11 Å². The maximum atomic E-state index is 5.21. The second-order valence-corrected chi connectivity index (χ2v) is 7.85. The largest absolute Gasteiger partial charge is 0.497 e. The number of ether oxygens (including phenoxy) is 1. The van der Waals surface area contributed by atoms with Crippen molar-refractivity contribution in [2.45, 2.75) is 18.9 Å². The maximum Gasteiger partial charge on any atom is 0.206 e. The Morgan fingerprint density at radius 1 is 1.12 bits per heavy atom. The Labute approximate surface area is 164 Å². The average Bonchev–Trinajstić information content (AvgIpc) is 3.40. The standard InChI is InChI=1S/C20H18BrN3OS/c1-25-18-10-2-14(3-11-18)12-22-24-19(15-4-6-16(21)7-5-15)13-26-20(24)23-17-8-9-17/h2-7,10-13,17H,8-9H2,1H3. The zero-order chi connectivity index (χ0) is 17.9. The van der Waals surface area contributed by atoms with Crippen LogP contribution in [0.5, 0.6) is 5.75 Å². The molecule has 3 aromatic rings. The average molecular weight is 428 g/mol. The van der Waals surface area contributed by atoms with Crippen molar-refractivity contribution in [3.05, 3.63) is 68.7 Å². The van der Waals surface area contributed by atoms with E-state index in [9.17, 15) is 0 Å². The lowest BCUT2D eigenvalue weighted by molar-refractivity contribution is 0.415. The number of halogens is 1. The third kappa shape index (κ3) is 3.97. The second-order valence-electron chi connectivity index (χ2n) is 6.10. The SMILES string of the molecule is COc1ccc(C=Nn2c(-c3ccc(Br)cc3)csc2=NC2CC2)cc1. The molecule has 0 spiro atoms. The van der Waals surface area contributed by atoms with Gasteiger partial charge in [-0.05, 0) is 54.8 Å². The number of rotatable bonds is 5. The molecule has 2 aromatic carbocycles. The van der Waals surface area contributed by atoms with Gasteiger partial charge in [-0.25, -0.2) is 4.68 Å². The van der Waals surface area contributed by atoms with E-state index in [1.54, 1.807) is 18.4 Å². The number of thiazole rings is 1. The van der Waals surface area contributed by atoms with Gasteiger partial charge in [0.25, 0.3) is 0 Å². The van der Waals surface area contributed by atoms with E-state index in [4.69, 9.17) is 14.8 Å². The third-order valence-electron chi connectivity index (χ3n) is 4.10. The smallest absolute Gasteiger partial charge is 0.206 e. The zero-order valence-corrected chi connectivity index (χ0v) is 16.7. The predicted molar refractivity (Wildman–Crippen MR) is 110 cm³/mol. The van der Waals surface area contributed by atoms with Crippen LogP contribution < -0.4 is 9.54 Å². The van der Waals surface area contributed by atoms with Crippen molar-refractivity contribution in [3.8, 4) is 17.0 Å². The van der Waals surface area contributed by atoms with Gasteiger partial charge >= 0.3 is 0 Å². The molecule has 1 heterocycles. The van der Waals surface area contributed by atoms with Crippen LogP contribution in [0.15, 0.2) is 68.5 Å². The molecular weight excluding hydrogens is 410 g/mol. The molecule has 0 N–H and O–H groups in total. The van der Waals surface area contributed by atoms with E-state index >= 15 is 0 Å². The number of hydrogen-bond donors (Lipinski definition) is 0. The van der Waals surface area contributed by atoms with E-state index < -0.39 is 0 Å². The van der Waals surface area contributed by atoms with Crippen LogP contribution in [0.3, 0.4) is 0 Å². The van der Waals surface area contributed by atoms with Gasteiger partial charge in [-0.2, -0.15) is 5.10 Å². The molecule has 132 valence electrons. The van der Waals surface area contributed by atoms with E-state index in [1.165, 1.54) is 12.8 Å². The van der Waals surface area contributed by atoms with Gasteiger partial charge in [-0.3, -0.25) is 4.99 Å². The van der Waals surface area contributed by atoms with Crippen molar-refractivity contribution in [1.29, 1.82) is 0 Å². The Morgan fingerprint density at radius 2 is 1.85 bits per heavy atom. The van der Waals surface area contributed by atoms with Crippen LogP contribution in [0, 0.1) is 0 Å². The van der Waals surface area contributed by atoms with Crippen LogP contribution in [-0.2, 0) is 0 Å². The number of aromatic nitrogens is 1. The first-order valence-corrected chi connectivity index (χ1v) is 10.1. The molecule has 0 unspecified atom stereocenters. The molecule has 1 aliphatic rings. The van der Waals surface area contributed by atoms with Crippen molar-refractivity contribution >= 4 is 33.5 Å². The Balaban J connectivity index is 1.73. The minimum Gasteiger partial charge on any atom is -0.497 e. The highest BCUT2D eigenvalue weighted by molar-refractivity contribution is 9.10. The van der Waals surface area contributed by atoms with E-state index in [-0.39, 0.29) is 0 Å². The molecule has 4 rings (SSSR count). The highest BCUT2D eigenvalue weighted by Gasteiger charge is 2.20. The van der Waals surface area contributed by atoms with Gasteiger partial charge in [0.15, 0.2) is 0 Å². The van der Waals surface area contributed by atoms with Gasteiger partial charge in [0.2, 0.25) is 4.80 Å². The van der Waals surface area contributed by atoms with Crippen LogP contribution in [0.2, 0.25) is 0 Å². The first-order chi connectivity index (χ1) is 12.7. The number of nitrogens with zero attached hydrogens (tertiary/aromatic N) is 3. The Kier molecular flexibility index (Phi) is 5.04. The molecule has 0 bridgehead atoms. The molecule has 1 fully saturated rings. The van der Waals surface area contributed by atoms with Gasteiger partial charge in [-0.1, -0.05) is 28.1 Å². The van der Waals surface area contributed by atoms with Crippen LogP contribution >= 0.6 is 27.3 Å². The maximum absolute atomic E-state index is 5.21. The fourth-order valence-electron chi connectivity index (χ4n) is 2.49. The minimum atomic E-state index is 0.453. The fourth-order valence-corrected chi connectivity index (χ4v) is 3.67. The summed E-state index contributed by atoms with van der Waals surface area (Å²) in [5.74, 6) is 0.838. The molecule has 0 atom stereocenters. The van der Waals surface area contributed by atoms with E-state index in [2.05, 4.69) is 33.4 Å². The molecule has 26 heavy (non-hydrogen) atoms. The lowest BCUT2D eigenvalue weighted by Gasteiger charge is -2.04. The van der Waals surface area contributed by atoms with Crippen molar-refractivity contribution in [3.63, 3.8) is 0 Å². The van der Waals surface area contributed by atoms with Crippen LogP contribution in [0.4, 0.5) is 0 Å². The summed E-state index contributed by atoms with van der Waals surface area (Å²) in [6.07, 6.45) is 4.21. The molecule has 4 nitrogen and oxygen atoms in total. The first-order valence-electron chi connectivity index (χ1n) is 8.41. The highest BCUT2D eigenvalue weighted by Crippen LogP contribution is 2.25. The monoisotopic (exact) mass is 427 g/mol. The van der Waals surface area contributed by atoms with Gasteiger partial charge < -0.3 is 4.74 Å². The second kappa shape index (κ2) is 7.60. The fraction of sp³-hybridized carbons (Fsp3) is 0.200. The summed E-state index contributed by atoms with van der Waals surface area (Å²) in [6.45, 7) is 0. The van der Waals surface area contributed by atoms with Gasteiger partial charge in [-0.15, -0.1) is 11.3 Å². The van der Waals surface area contributed by atoms with Crippen molar-refractivity contribution in [2.24, 2.45) is 10.1 Å². The van der Waals surface area contributed by atoms with E-state index in [0.717, 1.165) is 31.8 Å². The zero-order valence-electron chi connectivity index (χ0n) is 14.3. The van der Waals surface area contributed by atoms with Crippen molar-refractivity contribution in [1.82, 2.24) is 4.68 Å². The normalized spacial score (nSPS) is 14.9. The molecule has 0 aliphatic heterocycles. The summed E-state index contributed by atoms with van der Waals surface area (Å²) >= 11 is 5.13. The summed E-state index contributed by atoms with van der Waals surface area (Å²) in [7, 11) is 1.67. The first kappa shape index (κ1) is 17.2. The summed E-state index contributed by atoms with van der Waals surface area (Å²) in [5.41, 5.74) is 3.18.